The van der Waals surface area contributed by atoms with E-state index in [1.54, 1.807) is 7.05 Å². The van der Waals surface area contributed by atoms with Crippen LogP contribution in [0.5, 0.6) is 0 Å². The van der Waals surface area contributed by atoms with E-state index in [0.29, 0.717) is 24.3 Å². The van der Waals surface area contributed by atoms with Gasteiger partial charge in [0.25, 0.3) is 0 Å². The van der Waals surface area contributed by atoms with Crippen molar-refractivity contribution in [1.29, 1.82) is 0 Å². The first-order valence-corrected chi connectivity index (χ1v) is 8.12. The molecule has 1 atom stereocenters. The van der Waals surface area contributed by atoms with Crippen LogP contribution in [0.4, 0.5) is 5.69 Å². The minimum atomic E-state index is -0.124. The highest BCUT2D eigenvalue weighted by Crippen LogP contribution is 2.26. The second-order valence-electron chi connectivity index (χ2n) is 6.22. The summed E-state index contributed by atoms with van der Waals surface area (Å²) in [5.41, 5.74) is 2.55. The smallest absolute Gasteiger partial charge is 0.240 e. The van der Waals surface area contributed by atoms with E-state index in [1.807, 2.05) is 0 Å². The maximum Gasteiger partial charge on any atom is 0.240 e. The van der Waals surface area contributed by atoms with Gasteiger partial charge < -0.3 is 14.7 Å². The molecule has 24 heavy (non-hydrogen) atoms. The van der Waals surface area contributed by atoms with E-state index in [2.05, 4.69) is 63.5 Å². The molecule has 0 fully saturated rings. The summed E-state index contributed by atoms with van der Waals surface area (Å²) in [6, 6.07) is 8.78. The Balaban J connectivity index is 1.74. The van der Waals surface area contributed by atoms with Crippen molar-refractivity contribution in [2.45, 2.75) is 32.5 Å². The van der Waals surface area contributed by atoms with E-state index in [0.717, 1.165) is 13.1 Å². The van der Waals surface area contributed by atoms with Gasteiger partial charge >= 0.3 is 0 Å². The molecule has 1 aliphatic rings. The number of para-hydroxylation sites is 1. The van der Waals surface area contributed by atoms with Gasteiger partial charge in [0.1, 0.15) is 0 Å². The summed E-state index contributed by atoms with van der Waals surface area (Å²) in [6.45, 7) is 4.53. The van der Waals surface area contributed by atoms with E-state index in [9.17, 15) is 4.79 Å². The number of hydrogen-bond acceptors (Lipinski definition) is 6. The first-order chi connectivity index (χ1) is 11.6. The van der Waals surface area contributed by atoms with Crippen molar-refractivity contribution >= 4 is 11.6 Å². The van der Waals surface area contributed by atoms with Crippen LogP contribution >= 0.6 is 0 Å². The molecule has 128 valence electrons. The number of carbonyl (C=O) groups excluding carboxylic acids is 1. The summed E-state index contributed by atoms with van der Waals surface area (Å²) in [5.74, 6) is 0.841. The lowest BCUT2D eigenvalue weighted by atomic mass is 10.1. The molecule has 3 rings (SSSR count). The molecule has 0 bridgehead atoms. The lowest BCUT2D eigenvalue weighted by Gasteiger charge is -2.26. The van der Waals surface area contributed by atoms with Gasteiger partial charge in [-0.3, -0.25) is 9.69 Å². The third kappa shape index (κ3) is 3.56. The number of anilines is 1. The summed E-state index contributed by atoms with van der Waals surface area (Å²) in [4.78, 5) is 20.3. The Bertz CT molecular complexity index is 715. The highest BCUT2D eigenvalue weighted by Gasteiger charge is 2.24. The lowest BCUT2D eigenvalue weighted by molar-refractivity contribution is -0.120. The summed E-state index contributed by atoms with van der Waals surface area (Å²) in [6.07, 6.45) is 0.140. The Morgan fingerprint density at radius 3 is 3.00 bits per heavy atom. The molecule has 1 aromatic carbocycles. The molecule has 0 aliphatic carbocycles. The minimum absolute atomic E-state index is 0.124. The van der Waals surface area contributed by atoms with E-state index in [1.165, 1.54) is 11.3 Å². The fraction of sp³-hybridized carbons (Fsp3) is 0.471. The average molecular weight is 329 g/mol. The summed E-state index contributed by atoms with van der Waals surface area (Å²) < 4.78 is 5.32. The molecule has 0 radical (unpaired) electrons. The molecule has 0 saturated heterocycles. The van der Waals surface area contributed by atoms with Gasteiger partial charge in [0, 0.05) is 38.9 Å². The maximum atomic E-state index is 11.4. The van der Waals surface area contributed by atoms with Crippen molar-refractivity contribution in [2.75, 3.05) is 25.5 Å². The second kappa shape index (κ2) is 7.00. The molecule has 1 N–H and O–H groups in total. The van der Waals surface area contributed by atoms with Crippen molar-refractivity contribution in [3.8, 4) is 0 Å². The van der Waals surface area contributed by atoms with Crippen molar-refractivity contribution in [3.63, 3.8) is 0 Å². The SMILES string of the molecule is CNC(=O)Cc1noc(CN2Cc3ccccc3N(C)CC2C)n1. The van der Waals surface area contributed by atoms with E-state index >= 15 is 0 Å². The van der Waals surface area contributed by atoms with E-state index < -0.39 is 0 Å². The van der Waals surface area contributed by atoms with Crippen LogP contribution in [-0.2, 0) is 24.3 Å². The molecule has 2 aromatic rings. The topological polar surface area (TPSA) is 74.5 Å². The Labute approximate surface area is 141 Å². The molecule has 0 spiro atoms. The van der Waals surface area contributed by atoms with Gasteiger partial charge in [0.05, 0.1) is 13.0 Å². The predicted molar refractivity (Wildman–Crippen MR) is 90.5 cm³/mol. The molecule has 1 aromatic heterocycles. The van der Waals surface area contributed by atoms with Gasteiger partial charge in [-0.25, -0.2) is 0 Å². The number of amides is 1. The number of hydrogen-bond donors (Lipinski definition) is 1. The molecule has 1 unspecified atom stereocenters. The zero-order valence-electron chi connectivity index (χ0n) is 14.3. The van der Waals surface area contributed by atoms with Gasteiger partial charge in [0.15, 0.2) is 5.82 Å². The molecule has 1 amide bonds. The van der Waals surface area contributed by atoms with Gasteiger partial charge in [-0.05, 0) is 18.6 Å². The quantitative estimate of drug-likeness (QED) is 0.908. The maximum absolute atomic E-state index is 11.4. The lowest BCUT2D eigenvalue weighted by Crippen LogP contribution is -2.37. The summed E-state index contributed by atoms with van der Waals surface area (Å²) in [7, 11) is 3.71. The standard InChI is InChI=1S/C17H23N5O2/c1-12-9-21(3)14-7-5-4-6-13(14)10-22(12)11-17-19-15(20-24-17)8-16(23)18-2/h4-7,12H,8-11H2,1-3H3,(H,18,23). The largest absolute Gasteiger partial charge is 0.373 e. The number of nitrogens with one attached hydrogen (secondary N) is 1. The Morgan fingerprint density at radius 1 is 1.42 bits per heavy atom. The monoisotopic (exact) mass is 329 g/mol. The van der Waals surface area contributed by atoms with Crippen LogP contribution in [0.25, 0.3) is 0 Å². The number of fused-ring (bicyclic) bond motifs is 1. The predicted octanol–water partition coefficient (Wildman–Crippen LogP) is 1.20. The zero-order chi connectivity index (χ0) is 17.1. The van der Waals surface area contributed by atoms with E-state index in [-0.39, 0.29) is 12.3 Å². The first kappa shape index (κ1) is 16.4. The zero-order valence-corrected chi connectivity index (χ0v) is 14.3. The van der Waals surface area contributed by atoms with Crippen LogP contribution in [-0.4, -0.2) is 47.6 Å². The number of carbonyl (C=O) groups is 1. The Morgan fingerprint density at radius 2 is 2.21 bits per heavy atom. The number of likely N-dealkylation sites (N-methyl/N-ethyl adjacent to an activating group) is 2. The molecular formula is C17H23N5O2. The fourth-order valence-electron chi connectivity index (χ4n) is 3.05. The van der Waals surface area contributed by atoms with Crippen molar-refractivity contribution < 1.29 is 9.32 Å². The molecule has 7 nitrogen and oxygen atoms in total. The van der Waals surface area contributed by atoms with Gasteiger partial charge in [0.2, 0.25) is 11.8 Å². The van der Waals surface area contributed by atoms with Crippen LogP contribution in [0, 0.1) is 0 Å². The third-order valence-corrected chi connectivity index (χ3v) is 4.38. The summed E-state index contributed by atoms with van der Waals surface area (Å²) in [5, 5.41) is 6.45. The number of nitrogens with zero attached hydrogens (tertiary/aromatic N) is 4. The van der Waals surface area contributed by atoms with Crippen LogP contribution < -0.4 is 10.2 Å². The molecule has 2 heterocycles. The number of benzene rings is 1. The Kier molecular flexibility index (Phi) is 4.80. The van der Waals surface area contributed by atoms with Crippen molar-refractivity contribution in [3.05, 3.63) is 41.5 Å². The first-order valence-electron chi connectivity index (χ1n) is 8.12. The van der Waals surface area contributed by atoms with Gasteiger partial charge in [-0.15, -0.1) is 0 Å². The van der Waals surface area contributed by atoms with Crippen LogP contribution in [0.15, 0.2) is 28.8 Å². The third-order valence-electron chi connectivity index (χ3n) is 4.38. The van der Waals surface area contributed by atoms with Crippen LogP contribution in [0.3, 0.4) is 0 Å². The molecule has 7 heteroatoms. The summed E-state index contributed by atoms with van der Waals surface area (Å²) >= 11 is 0. The highest BCUT2D eigenvalue weighted by atomic mass is 16.5. The number of rotatable bonds is 4. The minimum Gasteiger partial charge on any atom is -0.373 e. The molecular weight excluding hydrogens is 306 g/mol. The normalized spacial score (nSPS) is 18.1. The highest BCUT2D eigenvalue weighted by molar-refractivity contribution is 5.77. The number of aromatic nitrogens is 2. The molecule has 1 aliphatic heterocycles. The van der Waals surface area contributed by atoms with Gasteiger partial charge in [-0.2, -0.15) is 4.98 Å². The van der Waals surface area contributed by atoms with Crippen LogP contribution in [0.1, 0.15) is 24.2 Å². The second-order valence-corrected chi connectivity index (χ2v) is 6.22. The van der Waals surface area contributed by atoms with Gasteiger partial charge in [-0.1, -0.05) is 23.4 Å². The molecule has 0 saturated carbocycles. The average Bonchev–Trinajstić information content (AvgIpc) is 2.96. The van der Waals surface area contributed by atoms with E-state index in [4.69, 9.17) is 4.52 Å². The fourth-order valence-corrected chi connectivity index (χ4v) is 3.05. The Hall–Kier alpha value is -2.41. The van der Waals surface area contributed by atoms with Crippen molar-refractivity contribution in [1.82, 2.24) is 20.4 Å². The van der Waals surface area contributed by atoms with Crippen molar-refractivity contribution in [2.24, 2.45) is 0 Å². The van der Waals surface area contributed by atoms with Crippen LogP contribution in [0.2, 0.25) is 0 Å².